The highest BCUT2D eigenvalue weighted by Crippen LogP contribution is 2.29. The Morgan fingerprint density at radius 1 is 1.42 bits per heavy atom. The van der Waals surface area contributed by atoms with Crippen LogP contribution >= 0.6 is 0 Å². The van der Waals surface area contributed by atoms with Crippen LogP contribution in [0.2, 0.25) is 0 Å². The molecule has 3 N–H and O–H groups in total. The Bertz CT molecular complexity index is 728. The van der Waals surface area contributed by atoms with E-state index in [2.05, 4.69) is 21.3 Å². The predicted octanol–water partition coefficient (Wildman–Crippen LogP) is 1.52. The van der Waals surface area contributed by atoms with E-state index < -0.39 is 0 Å². The van der Waals surface area contributed by atoms with Gasteiger partial charge in [-0.1, -0.05) is 18.2 Å². The van der Waals surface area contributed by atoms with Gasteiger partial charge in [-0.2, -0.15) is 5.10 Å². The lowest BCUT2D eigenvalue weighted by molar-refractivity contribution is 0.0921. The van der Waals surface area contributed by atoms with E-state index in [0.717, 1.165) is 23.4 Å². The van der Waals surface area contributed by atoms with Gasteiger partial charge in [-0.25, -0.2) is 10.9 Å². The number of amides is 1. The number of hydrogen-bond donors (Lipinski definition) is 3. The fourth-order valence-electron chi connectivity index (χ4n) is 3.01. The Hall–Kier alpha value is -2.38. The van der Waals surface area contributed by atoms with E-state index in [4.69, 9.17) is 4.74 Å². The molecule has 2 atom stereocenters. The second kappa shape index (κ2) is 7.02. The second-order valence-electron chi connectivity index (χ2n) is 5.83. The fraction of sp³-hybridized carbons (Fsp3) is 0.412. The van der Waals surface area contributed by atoms with Gasteiger partial charge in [-0.3, -0.25) is 9.48 Å². The molecule has 2 unspecified atom stereocenters. The van der Waals surface area contributed by atoms with Gasteiger partial charge in [-0.05, 0) is 26.0 Å². The van der Waals surface area contributed by atoms with Crippen LogP contribution < -0.4 is 20.9 Å². The standard InChI is InChI=1S/C17H23N5O2/c1-4-22-14(9-11(2)21-22)17(23)18-16-10-13(19-20-16)12-7-5-6-8-15(12)24-3/h5-9,13,16,19-20H,4,10H2,1-3H3,(H,18,23). The number of benzene rings is 1. The molecule has 1 aromatic carbocycles. The highest BCUT2D eigenvalue weighted by Gasteiger charge is 2.28. The number of carbonyl (C=O) groups excluding carboxylic acids is 1. The van der Waals surface area contributed by atoms with Crippen molar-refractivity contribution in [1.29, 1.82) is 0 Å². The van der Waals surface area contributed by atoms with Crippen molar-refractivity contribution in [1.82, 2.24) is 25.9 Å². The van der Waals surface area contributed by atoms with Crippen LogP contribution in [0.1, 0.15) is 41.1 Å². The molecule has 0 radical (unpaired) electrons. The van der Waals surface area contributed by atoms with Crippen molar-refractivity contribution in [3.05, 3.63) is 47.3 Å². The summed E-state index contributed by atoms with van der Waals surface area (Å²) in [5, 5.41) is 7.32. The van der Waals surface area contributed by atoms with E-state index in [1.54, 1.807) is 17.9 Å². The molecule has 1 aliphatic heterocycles. The lowest BCUT2D eigenvalue weighted by Crippen LogP contribution is -2.44. The predicted molar refractivity (Wildman–Crippen MR) is 90.5 cm³/mol. The van der Waals surface area contributed by atoms with Crippen LogP contribution in [-0.2, 0) is 6.54 Å². The molecule has 1 fully saturated rings. The van der Waals surface area contributed by atoms with Gasteiger partial charge in [0.1, 0.15) is 11.4 Å². The molecule has 128 valence electrons. The minimum absolute atomic E-state index is 0.0734. The van der Waals surface area contributed by atoms with Gasteiger partial charge < -0.3 is 10.1 Å². The molecule has 0 spiro atoms. The van der Waals surface area contributed by atoms with Gasteiger partial charge in [0, 0.05) is 18.5 Å². The summed E-state index contributed by atoms with van der Waals surface area (Å²) in [6.07, 6.45) is 0.568. The van der Waals surface area contributed by atoms with Crippen LogP contribution in [0.3, 0.4) is 0 Å². The first kappa shape index (κ1) is 16.5. The molecule has 1 aromatic heterocycles. The number of para-hydroxylation sites is 1. The first-order valence-electron chi connectivity index (χ1n) is 8.11. The number of hydrazine groups is 1. The van der Waals surface area contributed by atoms with E-state index in [9.17, 15) is 4.79 Å². The van der Waals surface area contributed by atoms with Crippen LogP contribution in [0, 0.1) is 6.92 Å². The molecule has 1 amide bonds. The average molecular weight is 329 g/mol. The number of nitrogens with one attached hydrogen (secondary N) is 3. The smallest absolute Gasteiger partial charge is 0.270 e. The molecule has 0 bridgehead atoms. The van der Waals surface area contributed by atoms with Crippen molar-refractivity contribution < 1.29 is 9.53 Å². The Kier molecular flexibility index (Phi) is 4.82. The summed E-state index contributed by atoms with van der Waals surface area (Å²) in [4.78, 5) is 12.5. The topological polar surface area (TPSA) is 80.2 Å². The van der Waals surface area contributed by atoms with Gasteiger partial charge in [-0.15, -0.1) is 0 Å². The third-order valence-corrected chi connectivity index (χ3v) is 4.16. The van der Waals surface area contributed by atoms with Crippen molar-refractivity contribution in [2.75, 3.05) is 7.11 Å². The number of nitrogens with zero attached hydrogens (tertiary/aromatic N) is 2. The van der Waals surface area contributed by atoms with Gasteiger partial charge in [0.2, 0.25) is 0 Å². The number of carbonyl (C=O) groups is 1. The van der Waals surface area contributed by atoms with E-state index >= 15 is 0 Å². The Morgan fingerprint density at radius 3 is 2.96 bits per heavy atom. The van der Waals surface area contributed by atoms with Crippen molar-refractivity contribution >= 4 is 5.91 Å². The summed E-state index contributed by atoms with van der Waals surface area (Å²) in [5.74, 6) is 0.709. The number of rotatable bonds is 5. The van der Waals surface area contributed by atoms with Crippen molar-refractivity contribution in [2.45, 2.75) is 39.0 Å². The van der Waals surface area contributed by atoms with Crippen LogP contribution in [-0.4, -0.2) is 29.0 Å². The lowest BCUT2D eigenvalue weighted by atomic mass is 10.0. The zero-order chi connectivity index (χ0) is 17.1. The lowest BCUT2D eigenvalue weighted by Gasteiger charge is -2.14. The quantitative estimate of drug-likeness (QED) is 0.775. The maximum Gasteiger partial charge on any atom is 0.270 e. The van der Waals surface area contributed by atoms with E-state index in [1.807, 2.05) is 38.1 Å². The monoisotopic (exact) mass is 329 g/mol. The summed E-state index contributed by atoms with van der Waals surface area (Å²) in [6.45, 7) is 4.52. The molecular weight excluding hydrogens is 306 g/mol. The third kappa shape index (κ3) is 3.27. The number of ether oxygens (including phenoxy) is 1. The SMILES string of the molecule is CCn1nc(C)cc1C(=O)NC1CC(c2ccccc2OC)NN1. The summed E-state index contributed by atoms with van der Waals surface area (Å²) in [6, 6.07) is 9.76. The minimum Gasteiger partial charge on any atom is -0.496 e. The average Bonchev–Trinajstić information content (AvgIpc) is 3.21. The highest BCUT2D eigenvalue weighted by atomic mass is 16.5. The molecular formula is C17H23N5O2. The minimum atomic E-state index is -0.159. The van der Waals surface area contributed by atoms with Crippen LogP contribution in [0.4, 0.5) is 0 Å². The first-order chi connectivity index (χ1) is 11.6. The number of aryl methyl sites for hydroxylation is 2. The Balaban J connectivity index is 1.67. The van der Waals surface area contributed by atoms with E-state index in [0.29, 0.717) is 12.2 Å². The molecule has 0 aliphatic carbocycles. The summed E-state index contributed by atoms with van der Waals surface area (Å²) in [7, 11) is 1.66. The number of methoxy groups -OCH3 is 1. The number of aromatic nitrogens is 2. The maximum atomic E-state index is 12.5. The molecule has 1 aliphatic rings. The maximum absolute atomic E-state index is 12.5. The number of hydrogen-bond acceptors (Lipinski definition) is 5. The van der Waals surface area contributed by atoms with E-state index in [-0.39, 0.29) is 18.1 Å². The Morgan fingerprint density at radius 2 is 2.21 bits per heavy atom. The molecule has 2 heterocycles. The summed E-state index contributed by atoms with van der Waals surface area (Å²) >= 11 is 0. The Labute approximate surface area is 141 Å². The molecule has 0 saturated carbocycles. The summed E-state index contributed by atoms with van der Waals surface area (Å²) in [5.41, 5.74) is 8.84. The highest BCUT2D eigenvalue weighted by molar-refractivity contribution is 5.92. The van der Waals surface area contributed by atoms with Crippen LogP contribution in [0.5, 0.6) is 5.75 Å². The largest absolute Gasteiger partial charge is 0.496 e. The van der Waals surface area contributed by atoms with Crippen LogP contribution in [0.15, 0.2) is 30.3 Å². The first-order valence-corrected chi connectivity index (χ1v) is 8.11. The fourth-order valence-corrected chi connectivity index (χ4v) is 3.01. The van der Waals surface area contributed by atoms with E-state index in [1.165, 1.54) is 0 Å². The van der Waals surface area contributed by atoms with Crippen molar-refractivity contribution in [3.8, 4) is 5.75 Å². The molecule has 7 heteroatoms. The van der Waals surface area contributed by atoms with Gasteiger partial charge >= 0.3 is 0 Å². The second-order valence-corrected chi connectivity index (χ2v) is 5.83. The molecule has 24 heavy (non-hydrogen) atoms. The van der Waals surface area contributed by atoms with Gasteiger partial charge in [0.15, 0.2) is 0 Å². The third-order valence-electron chi connectivity index (χ3n) is 4.16. The molecule has 7 nitrogen and oxygen atoms in total. The van der Waals surface area contributed by atoms with Crippen molar-refractivity contribution in [3.63, 3.8) is 0 Å². The van der Waals surface area contributed by atoms with Crippen molar-refractivity contribution in [2.24, 2.45) is 0 Å². The summed E-state index contributed by atoms with van der Waals surface area (Å²) < 4.78 is 7.12. The zero-order valence-electron chi connectivity index (χ0n) is 14.2. The zero-order valence-corrected chi connectivity index (χ0v) is 14.2. The molecule has 1 saturated heterocycles. The van der Waals surface area contributed by atoms with Gasteiger partial charge in [0.25, 0.3) is 5.91 Å². The normalized spacial score (nSPS) is 20.1. The van der Waals surface area contributed by atoms with Crippen LogP contribution in [0.25, 0.3) is 0 Å². The molecule has 3 rings (SSSR count). The van der Waals surface area contributed by atoms with Gasteiger partial charge in [0.05, 0.1) is 25.0 Å². The molecule has 2 aromatic rings.